The zero-order valence-corrected chi connectivity index (χ0v) is 16.3. The van der Waals surface area contributed by atoms with Crippen molar-refractivity contribution in [1.29, 1.82) is 0 Å². The molecule has 7 heteroatoms. The van der Waals surface area contributed by atoms with Gasteiger partial charge in [-0.05, 0) is 44.0 Å². The van der Waals surface area contributed by atoms with Gasteiger partial charge in [0.1, 0.15) is 0 Å². The average Bonchev–Trinajstić information content (AvgIpc) is 2.67. The van der Waals surface area contributed by atoms with Crippen LogP contribution in [0.5, 0.6) is 11.5 Å². The fraction of sp³-hybridized carbons (Fsp3) is 0.500. The molecule has 0 fully saturated rings. The van der Waals surface area contributed by atoms with Gasteiger partial charge in [0, 0.05) is 25.8 Å². The van der Waals surface area contributed by atoms with E-state index in [0.717, 1.165) is 5.56 Å². The second kappa shape index (κ2) is 12.8. The molecule has 150 valence electrons. The predicted octanol–water partition coefficient (Wildman–Crippen LogP) is 2.27. The molecule has 0 aliphatic carbocycles. The first-order valence-electron chi connectivity index (χ1n) is 9.09. The minimum absolute atomic E-state index is 0.0248. The second-order valence-corrected chi connectivity index (χ2v) is 5.63. The number of ether oxygens (including phenoxy) is 3. The highest BCUT2D eigenvalue weighted by molar-refractivity contribution is 5.92. The van der Waals surface area contributed by atoms with Gasteiger partial charge in [-0.25, -0.2) is 0 Å². The molecule has 1 aromatic carbocycles. The maximum Gasteiger partial charge on any atom is 0.307 e. The zero-order valence-electron chi connectivity index (χ0n) is 16.3. The van der Waals surface area contributed by atoms with Crippen LogP contribution in [0.1, 0.15) is 32.3 Å². The molecule has 0 aliphatic rings. The van der Waals surface area contributed by atoms with E-state index in [1.165, 1.54) is 11.0 Å². The molecule has 1 aromatic rings. The maximum atomic E-state index is 12.5. The molecule has 1 N–H and O–H groups in total. The van der Waals surface area contributed by atoms with Gasteiger partial charge in [-0.2, -0.15) is 0 Å². The number of rotatable bonds is 12. The summed E-state index contributed by atoms with van der Waals surface area (Å²) in [6.45, 7) is 5.06. The zero-order chi connectivity index (χ0) is 20.1. The third-order valence-electron chi connectivity index (χ3n) is 3.69. The molecule has 0 aliphatic heterocycles. The van der Waals surface area contributed by atoms with Crippen LogP contribution >= 0.6 is 0 Å². The van der Waals surface area contributed by atoms with Gasteiger partial charge in [0.2, 0.25) is 5.91 Å². The van der Waals surface area contributed by atoms with E-state index in [9.17, 15) is 9.59 Å². The number of methoxy groups -OCH3 is 1. The van der Waals surface area contributed by atoms with Crippen LogP contribution in [0.2, 0.25) is 0 Å². The summed E-state index contributed by atoms with van der Waals surface area (Å²) in [5.74, 6) is 0.647. The third-order valence-corrected chi connectivity index (χ3v) is 3.69. The number of amides is 1. The Balaban J connectivity index is 2.79. The summed E-state index contributed by atoms with van der Waals surface area (Å²) in [6.07, 6.45) is 3.68. The lowest BCUT2D eigenvalue weighted by Crippen LogP contribution is -2.33. The molecule has 1 amide bonds. The van der Waals surface area contributed by atoms with Gasteiger partial charge in [-0.3, -0.25) is 9.59 Å². The lowest BCUT2D eigenvalue weighted by atomic mass is 10.2. The van der Waals surface area contributed by atoms with Crippen LogP contribution in [0.4, 0.5) is 0 Å². The number of carbonyl (C=O) groups is 2. The normalized spacial score (nSPS) is 10.7. The van der Waals surface area contributed by atoms with E-state index in [2.05, 4.69) is 0 Å². The number of hydrogen-bond acceptors (Lipinski definition) is 6. The van der Waals surface area contributed by atoms with Crippen LogP contribution in [0.25, 0.3) is 6.08 Å². The molecule has 7 nitrogen and oxygen atoms in total. The molecule has 0 saturated carbocycles. The topological polar surface area (TPSA) is 85.3 Å². The standard InChI is InChI=1S/C20H29NO6/c1-4-26-17-9-7-16(15-18(17)25-3)8-10-19(23)21(12-6-14-22)13-11-20(24)27-5-2/h7-10,15,22H,4-6,11-14H2,1-3H3/b10-8+. The highest BCUT2D eigenvalue weighted by atomic mass is 16.5. The van der Waals surface area contributed by atoms with E-state index < -0.39 is 0 Å². The summed E-state index contributed by atoms with van der Waals surface area (Å²) in [7, 11) is 1.56. The van der Waals surface area contributed by atoms with E-state index in [-0.39, 0.29) is 31.4 Å². The lowest BCUT2D eigenvalue weighted by molar-refractivity contribution is -0.143. The number of benzene rings is 1. The smallest absolute Gasteiger partial charge is 0.307 e. The van der Waals surface area contributed by atoms with Crippen molar-refractivity contribution in [3.05, 3.63) is 29.8 Å². The Kier molecular flexibility index (Phi) is 10.6. The van der Waals surface area contributed by atoms with Crippen LogP contribution in [0, 0.1) is 0 Å². The molecular formula is C20H29NO6. The first-order valence-corrected chi connectivity index (χ1v) is 9.09. The van der Waals surface area contributed by atoms with Gasteiger partial charge in [-0.15, -0.1) is 0 Å². The Morgan fingerprint density at radius 2 is 1.93 bits per heavy atom. The SMILES string of the molecule is CCOC(=O)CCN(CCCO)C(=O)/C=C/c1ccc(OCC)c(OC)c1. The first kappa shape index (κ1) is 22.5. The van der Waals surface area contributed by atoms with E-state index in [4.69, 9.17) is 19.3 Å². The fourth-order valence-electron chi connectivity index (χ4n) is 2.39. The monoisotopic (exact) mass is 379 g/mol. The van der Waals surface area contributed by atoms with Crippen molar-refractivity contribution in [3.63, 3.8) is 0 Å². The molecular weight excluding hydrogens is 350 g/mol. The second-order valence-electron chi connectivity index (χ2n) is 5.63. The van der Waals surface area contributed by atoms with Gasteiger partial charge >= 0.3 is 5.97 Å². The van der Waals surface area contributed by atoms with Crippen LogP contribution in [-0.4, -0.2) is 61.9 Å². The summed E-state index contributed by atoms with van der Waals surface area (Å²) in [5.41, 5.74) is 0.788. The number of aliphatic hydroxyl groups excluding tert-OH is 1. The Bertz CT molecular complexity index is 629. The van der Waals surface area contributed by atoms with E-state index in [1.807, 2.05) is 13.0 Å². The van der Waals surface area contributed by atoms with Gasteiger partial charge in [-0.1, -0.05) is 6.07 Å². The Morgan fingerprint density at radius 3 is 2.56 bits per heavy atom. The molecule has 27 heavy (non-hydrogen) atoms. The molecule has 0 bridgehead atoms. The average molecular weight is 379 g/mol. The highest BCUT2D eigenvalue weighted by Gasteiger charge is 2.13. The Hall–Kier alpha value is -2.54. The minimum Gasteiger partial charge on any atom is -0.493 e. The third kappa shape index (κ3) is 8.13. The van der Waals surface area contributed by atoms with Crippen LogP contribution in [0.3, 0.4) is 0 Å². The van der Waals surface area contributed by atoms with Crippen molar-refractivity contribution in [1.82, 2.24) is 4.90 Å². The van der Waals surface area contributed by atoms with Crippen molar-refractivity contribution < 1.29 is 28.9 Å². The quantitative estimate of drug-likeness (QED) is 0.443. The summed E-state index contributed by atoms with van der Waals surface area (Å²) in [4.78, 5) is 25.5. The summed E-state index contributed by atoms with van der Waals surface area (Å²) in [6, 6.07) is 5.40. The molecule has 0 unspecified atom stereocenters. The lowest BCUT2D eigenvalue weighted by Gasteiger charge is -2.20. The number of esters is 1. The van der Waals surface area contributed by atoms with Crippen molar-refractivity contribution in [2.45, 2.75) is 26.7 Å². The highest BCUT2D eigenvalue weighted by Crippen LogP contribution is 2.28. The number of hydrogen-bond donors (Lipinski definition) is 1. The molecule has 0 radical (unpaired) electrons. The summed E-state index contributed by atoms with van der Waals surface area (Å²) < 4.78 is 15.7. The maximum absolute atomic E-state index is 12.5. The minimum atomic E-state index is -0.348. The number of aliphatic hydroxyl groups is 1. The predicted molar refractivity (Wildman–Crippen MR) is 103 cm³/mol. The van der Waals surface area contributed by atoms with Gasteiger partial charge < -0.3 is 24.2 Å². The Labute approximate surface area is 160 Å². The molecule has 0 saturated heterocycles. The largest absolute Gasteiger partial charge is 0.493 e. The first-order chi connectivity index (χ1) is 13.0. The van der Waals surface area contributed by atoms with Crippen LogP contribution < -0.4 is 9.47 Å². The number of nitrogens with zero attached hydrogens (tertiary/aromatic N) is 1. The molecule has 0 atom stereocenters. The van der Waals surface area contributed by atoms with Crippen molar-refractivity contribution in [2.75, 3.05) is 40.0 Å². The van der Waals surface area contributed by atoms with E-state index in [0.29, 0.717) is 37.7 Å². The molecule has 0 aromatic heterocycles. The van der Waals surface area contributed by atoms with E-state index >= 15 is 0 Å². The van der Waals surface area contributed by atoms with Gasteiger partial charge in [0.05, 0.1) is 26.7 Å². The molecule has 0 heterocycles. The van der Waals surface area contributed by atoms with E-state index in [1.54, 1.807) is 32.2 Å². The summed E-state index contributed by atoms with van der Waals surface area (Å²) >= 11 is 0. The summed E-state index contributed by atoms with van der Waals surface area (Å²) in [5, 5.41) is 9.02. The Morgan fingerprint density at radius 1 is 1.15 bits per heavy atom. The van der Waals surface area contributed by atoms with Crippen LogP contribution in [0.15, 0.2) is 24.3 Å². The van der Waals surface area contributed by atoms with Crippen molar-refractivity contribution in [3.8, 4) is 11.5 Å². The number of carbonyl (C=O) groups excluding carboxylic acids is 2. The molecule has 1 rings (SSSR count). The van der Waals surface area contributed by atoms with Crippen molar-refractivity contribution >= 4 is 18.0 Å². The van der Waals surface area contributed by atoms with Gasteiger partial charge in [0.15, 0.2) is 11.5 Å². The van der Waals surface area contributed by atoms with Crippen LogP contribution in [-0.2, 0) is 14.3 Å². The fourth-order valence-corrected chi connectivity index (χ4v) is 2.39. The molecule has 0 spiro atoms. The van der Waals surface area contributed by atoms with Gasteiger partial charge in [0.25, 0.3) is 0 Å². The van der Waals surface area contributed by atoms with Crippen molar-refractivity contribution in [2.24, 2.45) is 0 Å².